The van der Waals surface area contributed by atoms with E-state index in [1.54, 1.807) is 7.11 Å². The van der Waals surface area contributed by atoms with Gasteiger partial charge in [0.25, 0.3) is 0 Å². The molecule has 2 atom stereocenters. The van der Waals surface area contributed by atoms with E-state index in [1.165, 1.54) is 11.3 Å². The number of methoxy groups -OCH3 is 1. The fourth-order valence-corrected chi connectivity index (χ4v) is 3.89. The Morgan fingerprint density at radius 1 is 1.45 bits per heavy atom. The number of ether oxygens (including phenoxy) is 1. The van der Waals surface area contributed by atoms with Crippen LogP contribution in [0.5, 0.6) is 5.75 Å². The molecule has 2 rings (SSSR count). The van der Waals surface area contributed by atoms with Crippen molar-refractivity contribution in [1.29, 1.82) is 0 Å². The van der Waals surface area contributed by atoms with Crippen molar-refractivity contribution in [2.24, 2.45) is 5.73 Å². The summed E-state index contributed by atoms with van der Waals surface area (Å²) in [6, 6.07) is 8.26. The summed E-state index contributed by atoms with van der Waals surface area (Å²) < 4.78 is 5.48. The summed E-state index contributed by atoms with van der Waals surface area (Å²) >= 11 is 2.06. The molecular weight excluding hydrogens is 268 g/mol. The van der Waals surface area contributed by atoms with Crippen molar-refractivity contribution in [3.05, 3.63) is 29.8 Å². The number of thioether (sulfide) groups is 1. The Morgan fingerprint density at radius 3 is 2.85 bits per heavy atom. The largest absolute Gasteiger partial charge is 0.496 e. The Morgan fingerprint density at radius 2 is 2.20 bits per heavy atom. The quantitative estimate of drug-likeness (QED) is 0.905. The first-order valence-electron chi connectivity index (χ1n) is 7.27. The van der Waals surface area contributed by atoms with E-state index < -0.39 is 0 Å². The normalized spacial score (nSPS) is 23.3. The minimum Gasteiger partial charge on any atom is -0.496 e. The second-order valence-electron chi connectivity index (χ2n) is 5.82. The predicted molar refractivity (Wildman–Crippen MR) is 87.7 cm³/mol. The van der Waals surface area contributed by atoms with E-state index in [0.29, 0.717) is 11.8 Å². The summed E-state index contributed by atoms with van der Waals surface area (Å²) in [7, 11) is 1.73. The average Bonchev–Trinajstić information content (AvgIpc) is 2.47. The summed E-state index contributed by atoms with van der Waals surface area (Å²) in [5, 5.41) is 0.687. The number of nitrogens with two attached hydrogens (primary N) is 1. The zero-order valence-corrected chi connectivity index (χ0v) is 13.6. The Balaban J connectivity index is 2.18. The topological polar surface area (TPSA) is 38.5 Å². The van der Waals surface area contributed by atoms with Crippen LogP contribution in [0.3, 0.4) is 0 Å². The molecule has 0 aromatic heterocycles. The molecule has 0 spiro atoms. The fraction of sp³-hybridized carbons (Fsp3) is 0.625. The van der Waals surface area contributed by atoms with E-state index in [2.05, 4.69) is 42.6 Å². The highest BCUT2D eigenvalue weighted by atomic mass is 32.2. The molecule has 0 amide bonds. The Hall–Kier alpha value is -0.710. The standard InChI is InChI=1S/C16H26N2OS/c1-13-11-18(8-9-20-13)16(2,12-17)10-14-6-4-5-7-15(14)19-3/h4-7,13H,8-12,17H2,1-3H3. The van der Waals surface area contributed by atoms with Crippen LogP contribution in [0.1, 0.15) is 19.4 Å². The highest BCUT2D eigenvalue weighted by Crippen LogP contribution is 2.29. The molecule has 1 aliphatic rings. The smallest absolute Gasteiger partial charge is 0.122 e. The fourth-order valence-electron chi connectivity index (χ4n) is 2.88. The molecule has 0 bridgehead atoms. The first-order chi connectivity index (χ1) is 9.59. The van der Waals surface area contributed by atoms with Gasteiger partial charge < -0.3 is 10.5 Å². The number of rotatable bonds is 5. The first kappa shape index (κ1) is 15.7. The number of nitrogens with zero attached hydrogens (tertiary/aromatic N) is 1. The summed E-state index contributed by atoms with van der Waals surface area (Å²) in [5.41, 5.74) is 7.38. The number of hydrogen-bond donors (Lipinski definition) is 1. The van der Waals surface area contributed by atoms with Gasteiger partial charge >= 0.3 is 0 Å². The van der Waals surface area contributed by atoms with Gasteiger partial charge in [0.15, 0.2) is 0 Å². The van der Waals surface area contributed by atoms with Crippen LogP contribution in [0.15, 0.2) is 24.3 Å². The van der Waals surface area contributed by atoms with Crippen LogP contribution in [0.4, 0.5) is 0 Å². The lowest BCUT2D eigenvalue weighted by Crippen LogP contribution is -2.57. The molecule has 0 aliphatic carbocycles. The lowest BCUT2D eigenvalue weighted by molar-refractivity contribution is 0.115. The molecule has 1 aromatic carbocycles. The number of para-hydroxylation sites is 1. The summed E-state index contributed by atoms with van der Waals surface area (Å²) in [6.45, 7) is 7.49. The Labute approximate surface area is 126 Å². The Bertz CT molecular complexity index is 440. The van der Waals surface area contributed by atoms with Gasteiger partial charge in [-0.1, -0.05) is 25.1 Å². The van der Waals surface area contributed by atoms with Crippen molar-refractivity contribution in [2.45, 2.75) is 31.1 Å². The van der Waals surface area contributed by atoms with Gasteiger partial charge in [0, 0.05) is 36.2 Å². The van der Waals surface area contributed by atoms with Crippen molar-refractivity contribution < 1.29 is 4.74 Å². The minimum absolute atomic E-state index is 0.00384. The van der Waals surface area contributed by atoms with Crippen LogP contribution >= 0.6 is 11.8 Å². The van der Waals surface area contributed by atoms with Gasteiger partial charge in [0.05, 0.1) is 7.11 Å². The first-order valence-corrected chi connectivity index (χ1v) is 8.32. The monoisotopic (exact) mass is 294 g/mol. The molecule has 112 valence electrons. The van der Waals surface area contributed by atoms with Crippen molar-refractivity contribution in [3.63, 3.8) is 0 Å². The minimum atomic E-state index is 0.00384. The molecule has 4 heteroatoms. The molecule has 1 heterocycles. The average molecular weight is 294 g/mol. The van der Waals surface area contributed by atoms with Crippen LogP contribution in [-0.4, -0.2) is 48.2 Å². The van der Waals surface area contributed by atoms with Gasteiger partial charge in [-0.3, -0.25) is 4.90 Å². The zero-order chi connectivity index (χ0) is 14.6. The third kappa shape index (κ3) is 3.48. The summed E-state index contributed by atoms with van der Waals surface area (Å²) in [6.07, 6.45) is 0.935. The van der Waals surface area contributed by atoms with E-state index in [-0.39, 0.29) is 5.54 Å². The second kappa shape index (κ2) is 6.83. The molecule has 0 saturated carbocycles. The molecule has 1 fully saturated rings. The second-order valence-corrected chi connectivity index (χ2v) is 7.36. The van der Waals surface area contributed by atoms with Crippen LogP contribution in [-0.2, 0) is 6.42 Å². The lowest BCUT2D eigenvalue weighted by atomic mass is 9.90. The summed E-state index contributed by atoms with van der Waals surface area (Å²) in [4.78, 5) is 2.56. The SMILES string of the molecule is COc1ccccc1CC(C)(CN)N1CCSC(C)C1. The van der Waals surface area contributed by atoms with E-state index >= 15 is 0 Å². The third-order valence-corrected chi connectivity index (χ3v) is 5.34. The zero-order valence-electron chi connectivity index (χ0n) is 12.8. The van der Waals surface area contributed by atoms with Gasteiger partial charge in [0.2, 0.25) is 0 Å². The molecule has 3 nitrogen and oxygen atoms in total. The van der Waals surface area contributed by atoms with Crippen LogP contribution in [0, 0.1) is 0 Å². The molecule has 0 radical (unpaired) electrons. The highest BCUT2D eigenvalue weighted by molar-refractivity contribution is 7.99. The number of benzene rings is 1. The van der Waals surface area contributed by atoms with Gasteiger partial charge in [-0.05, 0) is 25.0 Å². The highest BCUT2D eigenvalue weighted by Gasteiger charge is 2.34. The van der Waals surface area contributed by atoms with E-state index in [4.69, 9.17) is 10.5 Å². The molecule has 1 saturated heterocycles. The van der Waals surface area contributed by atoms with E-state index in [9.17, 15) is 0 Å². The lowest BCUT2D eigenvalue weighted by Gasteiger charge is -2.44. The van der Waals surface area contributed by atoms with Gasteiger partial charge in [-0.15, -0.1) is 0 Å². The van der Waals surface area contributed by atoms with Crippen LogP contribution in [0.25, 0.3) is 0 Å². The van der Waals surface area contributed by atoms with Crippen molar-refractivity contribution >= 4 is 11.8 Å². The molecule has 2 unspecified atom stereocenters. The van der Waals surface area contributed by atoms with Crippen molar-refractivity contribution in [3.8, 4) is 5.75 Å². The number of hydrogen-bond acceptors (Lipinski definition) is 4. The molecule has 1 aliphatic heterocycles. The molecular formula is C16H26N2OS. The van der Waals surface area contributed by atoms with Gasteiger partial charge in [0.1, 0.15) is 5.75 Å². The van der Waals surface area contributed by atoms with Crippen LogP contribution < -0.4 is 10.5 Å². The third-order valence-electron chi connectivity index (χ3n) is 4.21. The van der Waals surface area contributed by atoms with Crippen molar-refractivity contribution in [1.82, 2.24) is 4.90 Å². The summed E-state index contributed by atoms with van der Waals surface area (Å²) in [5.74, 6) is 2.16. The maximum atomic E-state index is 6.13. The predicted octanol–water partition coefficient (Wildman–Crippen LogP) is 2.39. The maximum Gasteiger partial charge on any atom is 0.122 e. The molecule has 2 N–H and O–H groups in total. The molecule has 1 aromatic rings. The van der Waals surface area contributed by atoms with Gasteiger partial charge in [-0.2, -0.15) is 11.8 Å². The Kier molecular flexibility index (Phi) is 5.35. The van der Waals surface area contributed by atoms with Gasteiger partial charge in [-0.25, -0.2) is 0 Å². The van der Waals surface area contributed by atoms with E-state index in [0.717, 1.165) is 25.3 Å². The van der Waals surface area contributed by atoms with Crippen molar-refractivity contribution in [2.75, 3.05) is 32.5 Å². The van der Waals surface area contributed by atoms with E-state index in [1.807, 2.05) is 12.1 Å². The maximum absolute atomic E-state index is 6.13. The van der Waals surface area contributed by atoms with Crippen LogP contribution in [0.2, 0.25) is 0 Å². The molecule has 20 heavy (non-hydrogen) atoms.